The molecule has 22 nitrogen and oxygen atoms in total. The van der Waals surface area contributed by atoms with Gasteiger partial charge in [0.15, 0.2) is 41.3 Å². The maximum absolute atomic E-state index is 15.9. The number of phosphoric acid groups is 1. The number of alkyl halides is 1. The van der Waals surface area contributed by atoms with Crippen molar-refractivity contribution in [2.24, 2.45) is 0 Å². The number of anilines is 2. The monoisotopic (exact) mass is 690 g/mol. The number of aliphatic hydroxyl groups excluding tert-OH is 1. The molecule has 25 heteroatoms. The molecule has 0 spiro atoms. The molecule has 4 aromatic heterocycles. The lowest BCUT2D eigenvalue weighted by Gasteiger charge is -2.24. The minimum Gasteiger partial charge on any atom is -0.386 e. The van der Waals surface area contributed by atoms with E-state index in [4.69, 9.17) is 39.2 Å². The number of aromatic amines is 1. The largest absolute Gasteiger partial charge is 0.472 e. The summed E-state index contributed by atoms with van der Waals surface area (Å²) >= 11 is 0. The molecule has 0 bridgehead atoms. The first-order chi connectivity index (χ1) is 21.8. The van der Waals surface area contributed by atoms with Crippen LogP contribution in [-0.4, -0.2) is 110 Å². The van der Waals surface area contributed by atoms with E-state index in [1.54, 1.807) is 0 Å². The molecule has 3 aliphatic heterocycles. The van der Waals surface area contributed by atoms with E-state index in [-0.39, 0.29) is 34.1 Å². The van der Waals surface area contributed by atoms with Gasteiger partial charge < -0.3 is 40.6 Å². The Morgan fingerprint density at radius 2 is 1.63 bits per heavy atom. The first-order valence-electron chi connectivity index (χ1n) is 13.3. The van der Waals surface area contributed by atoms with Crippen LogP contribution in [0, 0.1) is 0 Å². The number of nitrogen functional groups attached to an aromatic ring is 2. The molecule has 46 heavy (non-hydrogen) atoms. The van der Waals surface area contributed by atoms with Crippen LogP contribution < -0.4 is 17.0 Å². The van der Waals surface area contributed by atoms with E-state index in [0.29, 0.717) is 0 Å². The summed E-state index contributed by atoms with van der Waals surface area (Å²) in [5, 5.41) is 11.2. The molecule has 3 aliphatic rings. The molecule has 10 atom stereocenters. The Labute approximate surface area is 254 Å². The van der Waals surface area contributed by atoms with Gasteiger partial charge in [-0.2, -0.15) is 4.98 Å². The molecule has 7 heterocycles. The van der Waals surface area contributed by atoms with E-state index < -0.39 is 89.7 Å². The molecule has 3 saturated heterocycles. The van der Waals surface area contributed by atoms with Gasteiger partial charge in [0.1, 0.15) is 48.7 Å². The molecule has 0 amide bonds. The average Bonchev–Trinajstić information content (AvgIpc) is 3.74. The molecule has 4 unspecified atom stereocenters. The smallest absolute Gasteiger partial charge is 0.386 e. The number of H-pyrrole nitrogens is 1. The number of rotatable bonds is 2. The summed E-state index contributed by atoms with van der Waals surface area (Å²) in [4.78, 5) is 55.6. The van der Waals surface area contributed by atoms with Gasteiger partial charge in [0, 0.05) is 0 Å². The predicted molar refractivity (Wildman–Crippen MR) is 147 cm³/mol. The van der Waals surface area contributed by atoms with Crippen molar-refractivity contribution in [1.29, 1.82) is 0 Å². The molecule has 0 saturated carbocycles. The summed E-state index contributed by atoms with van der Waals surface area (Å²) in [5.74, 6) is -0.256. The third kappa shape index (κ3) is 5.48. The minimum absolute atomic E-state index is 0.00331. The minimum atomic E-state index is -5.11. The Kier molecular flexibility index (Phi) is 7.68. The number of aliphatic hydroxyl groups is 1. The first kappa shape index (κ1) is 31.1. The number of nitrogens with two attached hydrogens (primary N) is 2. The zero-order valence-electron chi connectivity index (χ0n) is 23.0. The molecular formula is C21H25FN10O12P2. The van der Waals surface area contributed by atoms with Gasteiger partial charge in [-0.05, 0) is 0 Å². The van der Waals surface area contributed by atoms with Crippen LogP contribution in [0.1, 0.15) is 12.5 Å². The highest BCUT2D eigenvalue weighted by molar-refractivity contribution is 7.52. The Morgan fingerprint density at radius 3 is 2.41 bits per heavy atom. The SMILES string of the molecule is Nc1nc2c(ncn2[C@@H]2O[C@@H]3COCP(=O)(O)O[C@@H]4C(F)[C@H](n5cnc6c(N)ncnc65)O[C@@H]4COP(=O)(O)O[C@@H]3C2O)c(=O)[nH]1. The second kappa shape index (κ2) is 11.3. The quantitative estimate of drug-likeness (QED) is 0.133. The summed E-state index contributed by atoms with van der Waals surface area (Å²) in [6.07, 6.45) is -10.8. The van der Waals surface area contributed by atoms with Crippen molar-refractivity contribution in [3.63, 3.8) is 0 Å². The van der Waals surface area contributed by atoms with Gasteiger partial charge in [0.2, 0.25) is 5.95 Å². The van der Waals surface area contributed by atoms with Crippen molar-refractivity contribution >= 4 is 49.5 Å². The van der Waals surface area contributed by atoms with Gasteiger partial charge in [-0.25, -0.2) is 28.9 Å². The standard InChI is InChI=1S/C21H25FN10O12P2/c22-9-13-8(41-19(9)31-4-27-10-15(23)25-3-26-16(10)31)2-40-46(37,38)44-14-7(1-39-6-45(35,36)43-13)42-20(12(14)33)32-5-28-11-17(32)29-21(24)30-18(11)34/h3-5,7-9,12-14,19-20,33H,1-2,6H2,(H,35,36)(H,37,38)(H2,23,25,26)(H3,24,29,30,34)/t7-,8-,9?,12?,13+,14+,19-,20-/m1/s1. The summed E-state index contributed by atoms with van der Waals surface area (Å²) < 4.78 is 76.9. The highest BCUT2D eigenvalue weighted by Crippen LogP contribution is 2.52. The van der Waals surface area contributed by atoms with Crippen LogP contribution >= 0.6 is 15.4 Å². The van der Waals surface area contributed by atoms with Crippen LogP contribution in [0.4, 0.5) is 16.2 Å². The van der Waals surface area contributed by atoms with E-state index in [1.165, 1.54) is 0 Å². The third-order valence-corrected chi connectivity index (χ3v) is 9.51. The fourth-order valence-electron chi connectivity index (χ4n) is 5.43. The fourth-order valence-corrected chi connectivity index (χ4v) is 7.43. The van der Waals surface area contributed by atoms with Crippen LogP contribution in [-0.2, 0) is 36.9 Å². The zero-order chi connectivity index (χ0) is 32.5. The van der Waals surface area contributed by atoms with Crippen molar-refractivity contribution in [2.75, 3.05) is 31.0 Å². The number of halogens is 1. The fraction of sp³-hybridized carbons (Fsp3) is 0.524. The van der Waals surface area contributed by atoms with Crippen LogP contribution in [0.2, 0.25) is 0 Å². The molecule has 7 rings (SSSR count). The number of fused-ring (bicyclic) bond motifs is 4. The van der Waals surface area contributed by atoms with Crippen molar-refractivity contribution in [3.05, 3.63) is 29.3 Å². The van der Waals surface area contributed by atoms with Crippen molar-refractivity contribution in [2.45, 2.75) is 49.1 Å². The zero-order valence-corrected chi connectivity index (χ0v) is 24.8. The van der Waals surface area contributed by atoms with Gasteiger partial charge in [-0.3, -0.25) is 37.0 Å². The molecule has 0 radical (unpaired) electrons. The van der Waals surface area contributed by atoms with Crippen LogP contribution in [0.25, 0.3) is 22.3 Å². The number of ether oxygens (including phenoxy) is 3. The number of nitrogens with one attached hydrogen (secondary N) is 1. The highest BCUT2D eigenvalue weighted by Gasteiger charge is 2.53. The Hall–Kier alpha value is -3.47. The number of phosphoric ester groups is 1. The van der Waals surface area contributed by atoms with Crippen molar-refractivity contribution < 1.29 is 56.2 Å². The van der Waals surface area contributed by atoms with Gasteiger partial charge in [-0.15, -0.1) is 0 Å². The summed E-state index contributed by atoms with van der Waals surface area (Å²) in [6, 6.07) is 0. The maximum Gasteiger partial charge on any atom is 0.472 e. The van der Waals surface area contributed by atoms with E-state index in [2.05, 4.69) is 29.9 Å². The van der Waals surface area contributed by atoms with Crippen LogP contribution in [0.15, 0.2) is 23.8 Å². The Bertz CT molecular complexity index is 1960. The Morgan fingerprint density at radius 1 is 0.935 bits per heavy atom. The molecular weight excluding hydrogens is 665 g/mol. The maximum atomic E-state index is 15.9. The van der Waals surface area contributed by atoms with E-state index in [9.17, 15) is 28.8 Å². The van der Waals surface area contributed by atoms with E-state index >= 15 is 4.39 Å². The van der Waals surface area contributed by atoms with Crippen molar-refractivity contribution in [1.82, 2.24) is 39.0 Å². The van der Waals surface area contributed by atoms with Crippen LogP contribution in [0.3, 0.4) is 0 Å². The first-order valence-corrected chi connectivity index (χ1v) is 16.6. The second-order valence-electron chi connectivity index (χ2n) is 10.5. The van der Waals surface area contributed by atoms with Gasteiger partial charge in [-0.1, -0.05) is 0 Å². The normalized spacial score (nSPS) is 37.4. The number of aromatic nitrogens is 8. The molecule has 248 valence electrons. The van der Waals surface area contributed by atoms with E-state index in [1.807, 2.05) is 0 Å². The average molecular weight is 690 g/mol. The van der Waals surface area contributed by atoms with Gasteiger partial charge >= 0.3 is 15.4 Å². The third-order valence-electron chi connectivity index (χ3n) is 7.44. The molecule has 4 aromatic rings. The second-order valence-corrected chi connectivity index (χ2v) is 13.6. The highest BCUT2D eigenvalue weighted by atomic mass is 31.2. The number of imidazole rings is 2. The topological polar surface area (TPSA) is 309 Å². The lowest BCUT2D eigenvalue weighted by Crippen LogP contribution is -2.36. The molecule has 0 aromatic carbocycles. The summed E-state index contributed by atoms with van der Waals surface area (Å²) in [7, 11) is -9.86. The number of hydrogen-bond donors (Lipinski definition) is 6. The summed E-state index contributed by atoms with van der Waals surface area (Å²) in [5.41, 5.74) is 10.7. The van der Waals surface area contributed by atoms with E-state index in [0.717, 1.165) is 28.1 Å². The molecule has 3 fully saturated rings. The molecule has 8 N–H and O–H groups in total. The Balaban J connectivity index is 1.16. The number of hydrogen-bond acceptors (Lipinski definition) is 17. The van der Waals surface area contributed by atoms with Gasteiger partial charge in [0.05, 0.1) is 25.9 Å². The van der Waals surface area contributed by atoms with Crippen LogP contribution in [0.5, 0.6) is 0 Å². The number of nitrogens with zero attached hydrogens (tertiary/aromatic N) is 7. The van der Waals surface area contributed by atoms with Crippen molar-refractivity contribution in [3.8, 4) is 0 Å². The van der Waals surface area contributed by atoms with Gasteiger partial charge in [0.25, 0.3) is 5.56 Å². The predicted octanol–water partition coefficient (Wildman–Crippen LogP) is -1.32. The summed E-state index contributed by atoms with van der Waals surface area (Å²) in [6.45, 7) is -1.47. The lowest BCUT2D eigenvalue weighted by molar-refractivity contribution is -0.0619. The lowest BCUT2D eigenvalue weighted by atomic mass is 10.1. The molecule has 0 aliphatic carbocycles.